The molecule has 2 fully saturated rings. The number of hydrogen-bond donors (Lipinski definition) is 0. The number of carbonyl (C=O) groups excluding carboxylic acids is 1. The lowest BCUT2D eigenvalue weighted by Gasteiger charge is -2.38. The fourth-order valence-electron chi connectivity index (χ4n) is 4.33. The quantitative estimate of drug-likeness (QED) is 0.700. The van der Waals surface area contributed by atoms with E-state index in [9.17, 15) is 18.0 Å². The summed E-state index contributed by atoms with van der Waals surface area (Å²) in [5.74, 6) is -0.804. The van der Waals surface area contributed by atoms with Crippen LogP contribution in [-0.2, 0) is 21.9 Å². The number of amides is 1. The molecule has 2 saturated heterocycles. The molecular weight excluding hydrogens is 408 g/mol. The molecule has 2 aliphatic heterocycles. The van der Waals surface area contributed by atoms with Crippen LogP contribution in [0, 0.1) is 5.92 Å². The van der Waals surface area contributed by atoms with E-state index in [0.29, 0.717) is 38.0 Å². The molecule has 2 aromatic rings. The van der Waals surface area contributed by atoms with E-state index in [0.717, 1.165) is 19.6 Å². The van der Waals surface area contributed by atoms with Gasteiger partial charge in [-0.15, -0.1) is 0 Å². The molecule has 0 bridgehead atoms. The average molecular weight is 437 g/mol. The summed E-state index contributed by atoms with van der Waals surface area (Å²) in [6.07, 6.45) is 1.35. The van der Waals surface area contributed by atoms with Crippen LogP contribution in [0.5, 0.6) is 0 Å². The molecule has 0 radical (unpaired) electrons. The van der Waals surface area contributed by atoms with Crippen LogP contribution >= 0.6 is 0 Å². The molecule has 0 saturated carbocycles. The first-order valence-electron chi connectivity index (χ1n) is 10.4. The van der Waals surface area contributed by atoms with Crippen molar-refractivity contribution in [3.05, 3.63) is 28.7 Å². The molecule has 4 rings (SSSR count). The molecular formula is C20H28N4O5S. The Balaban J connectivity index is 1.51. The molecule has 0 aliphatic carbocycles. The van der Waals surface area contributed by atoms with Crippen molar-refractivity contribution < 1.29 is 17.6 Å². The smallest absolute Gasteiger partial charge is 0.408 e. The van der Waals surface area contributed by atoms with Gasteiger partial charge < -0.3 is 14.2 Å². The minimum absolute atomic E-state index is 0.0511. The molecule has 30 heavy (non-hydrogen) atoms. The van der Waals surface area contributed by atoms with E-state index < -0.39 is 15.8 Å². The highest BCUT2D eigenvalue weighted by Gasteiger charge is 2.36. The Hall–Kier alpha value is -2.17. The number of hydrogen-bond acceptors (Lipinski definition) is 6. The van der Waals surface area contributed by atoms with E-state index in [-0.39, 0.29) is 28.8 Å². The number of nitrogens with zero attached hydrogens (tertiary/aromatic N) is 4. The molecule has 0 N–H and O–H groups in total. The van der Waals surface area contributed by atoms with E-state index in [1.54, 1.807) is 13.1 Å². The molecule has 0 spiro atoms. The maximum Gasteiger partial charge on any atom is 0.419 e. The summed E-state index contributed by atoms with van der Waals surface area (Å²) < 4.78 is 34.3. The van der Waals surface area contributed by atoms with Gasteiger partial charge in [0.2, 0.25) is 15.9 Å². The molecule has 1 amide bonds. The summed E-state index contributed by atoms with van der Waals surface area (Å²) >= 11 is 0. The largest absolute Gasteiger partial charge is 0.419 e. The molecule has 3 heterocycles. The number of aryl methyl sites for hydroxylation is 1. The standard InChI is InChI=1S/C20H28N4O5S/c1-3-22-9-11-23(12-10-22)19(25)15-5-4-8-24(14-15)30(27,28)16-6-7-17-18(13-16)29-20(26)21(17)2/h6-7,13,15H,3-5,8-12,14H2,1-2H3/t15-/m0/s1. The third kappa shape index (κ3) is 3.79. The zero-order valence-corrected chi connectivity index (χ0v) is 18.2. The highest BCUT2D eigenvalue weighted by atomic mass is 32.2. The number of oxazole rings is 1. The second kappa shape index (κ2) is 8.16. The van der Waals surface area contributed by atoms with Crippen LogP contribution in [0.2, 0.25) is 0 Å². The maximum absolute atomic E-state index is 13.2. The predicted molar refractivity (Wildman–Crippen MR) is 112 cm³/mol. The lowest BCUT2D eigenvalue weighted by Crippen LogP contribution is -2.52. The first-order valence-corrected chi connectivity index (χ1v) is 11.9. The Bertz CT molecular complexity index is 1100. The second-order valence-electron chi connectivity index (χ2n) is 8.02. The molecule has 10 heteroatoms. The van der Waals surface area contributed by atoms with Crippen LogP contribution in [0.1, 0.15) is 19.8 Å². The molecule has 1 aromatic carbocycles. The summed E-state index contributed by atoms with van der Waals surface area (Å²) in [6.45, 7) is 6.76. The molecule has 2 aliphatic rings. The van der Waals surface area contributed by atoms with Gasteiger partial charge in [-0.2, -0.15) is 4.31 Å². The zero-order chi connectivity index (χ0) is 21.5. The molecule has 164 valence electrons. The van der Waals surface area contributed by atoms with Gasteiger partial charge in [0.1, 0.15) is 0 Å². The minimum Gasteiger partial charge on any atom is -0.408 e. The Morgan fingerprint density at radius 3 is 2.60 bits per heavy atom. The van der Waals surface area contributed by atoms with E-state index >= 15 is 0 Å². The van der Waals surface area contributed by atoms with E-state index in [4.69, 9.17) is 4.42 Å². The Morgan fingerprint density at radius 2 is 1.90 bits per heavy atom. The van der Waals surface area contributed by atoms with Gasteiger partial charge in [0.05, 0.1) is 16.3 Å². The van der Waals surface area contributed by atoms with Gasteiger partial charge in [-0.3, -0.25) is 9.36 Å². The second-order valence-corrected chi connectivity index (χ2v) is 9.96. The summed E-state index contributed by atoms with van der Waals surface area (Å²) in [6, 6.07) is 4.45. The Morgan fingerprint density at radius 1 is 1.17 bits per heavy atom. The van der Waals surface area contributed by atoms with Crippen LogP contribution in [0.15, 0.2) is 32.3 Å². The van der Waals surface area contributed by atoms with E-state index in [1.807, 2.05) is 4.90 Å². The van der Waals surface area contributed by atoms with Gasteiger partial charge in [-0.05, 0) is 31.5 Å². The number of likely N-dealkylation sites (N-methyl/N-ethyl adjacent to an activating group) is 1. The molecule has 1 aromatic heterocycles. The van der Waals surface area contributed by atoms with Crippen LogP contribution in [0.25, 0.3) is 11.1 Å². The fourth-order valence-corrected chi connectivity index (χ4v) is 5.87. The predicted octanol–water partition coefficient (Wildman–Crippen LogP) is 0.696. The number of fused-ring (bicyclic) bond motifs is 1. The van der Waals surface area contributed by atoms with Crippen molar-refractivity contribution in [3.8, 4) is 0 Å². The van der Waals surface area contributed by atoms with Crippen LogP contribution in [0.4, 0.5) is 0 Å². The van der Waals surface area contributed by atoms with Crippen molar-refractivity contribution in [2.75, 3.05) is 45.8 Å². The number of sulfonamides is 1. The number of rotatable bonds is 4. The number of piperidine rings is 1. The van der Waals surface area contributed by atoms with Crippen molar-refractivity contribution in [3.63, 3.8) is 0 Å². The monoisotopic (exact) mass is 436 g/mol. The Kier molecular flexibility index (Phi) is 5.73. The number of benzene rings is 1. The van der Waals surface area contributed by atoms with E-state index in [2.05, 4.69) is 11.8 Å². The first kappa shape index (κ1) is 21.1. The summed E-state index contributed by atoms with van der Waals surface area (Å²) in [5, 5.41) is 0. The van der Waals surface area contributed by atoms with E-state index in [1.165, 1.54) is 21.0 Å². The maximum atomic E-state index is 13.2. The van der Waals surface area contributed by atoms with Crippen molar-refractivity contribution >= 4 is 27.0 Å². The third-order valence-electron chi connectivity index (χ3n) is 6.27. The summed E-state index contributed by atoms with van der Waals surface area (Å²) in [7, 11) is -2.21. The van der Waals surface area contributed by atoms with Gasteiger partial charge in [0.25, 0.3) is 0 Å². The molecule has 0 unspecified atom stereocenters. The number of piperazine rings is 1. The van der Waals surface area contributed by atoms with Crippen molar-refractivity contribution in [1.82, 2.24) is 18.7 Å². The topological polar surface area (TPSA) is 96.1 Å². The number of aromatic nitrogens is 1. The van der Waals surface area contributed by atoms with Gasteiger partial charge in [0, 0.05) is 52.4 Å². The summed E-state index contributed by atoms with van der Waals surface area (Å²) in [5.41, 5.74) is 0.777. The third-order valence-corrected chi connectivity index (χ3v) is 8.13. The minimum atomic E-state index is -3.78. The fraction of sp³-hybridized carbons (Fsp3) is 0.600. The van der Waals surface area contributed by atoms with Gasteiger partial charge in [0.15, 0.2) is 5.58 Å². The highest BCUT2D eigenvalue weighted by molar-refractivity contribution is 7.89. The van der Waals surface area contributed by atoms with Crippen molar-refractivity contribution in [2.24, 2.45) is 13.0 Å². The van der Waals surface area contributed by atoms with Crippen LogP contribution in [0.3, 0.4) is 0 Å². The Labute approximate surface area is 175 Å². The normalized spacial score (nSPS) is 21.9. The van der Waals surface area contributed by atoms with Gasteiger partial charge in [-0.1, -0.05) is 6.92 Å². The lowest BCUT2D eigenvalue weighted by atomic mass is 9.98. The van der Waals surface area contributed by atoms with Crippen LogP contribution < -0.4 is 5.76 Å². The highest BCUT2D eigenvalue weighted by Crippen LogP contribution is 2.27. The molecule has 1 atom stereocenters. The van der Waals surface area contributed by atoms with Crippen molar-refractivity contribution in [1.29, 1.82) is 0 Å². The zero-order valence-electron chi connectivity index (χ0n) is 17.4. The first-order chi connectivity index (χ1) is 14.3. The van der Waals surface area contributed by atoms with Crippen LogP contribution in [-0.4, -0.2) is 78.8 Å². The lowest BCUT2D eigenvalue weighted by molar-refractivity contribution is -0.138. The van der Waals surface area contributed by atoms with Gasteiger partial charge >= 0.3 is 5.76 Å². The van der Waals surface area contributed by atoms with Gasteiger partial charge in [-0.25, -0.2) is 13.2 Å². The molecule has 9 nitrogen and oxygen atoms in total. The SMILES string of the molecule is CCN1CCN(C(=O)[C@H]2CCCN(S(=O)(=O)c3ccc4c(c3)oc(=O)n4C)C2)CC1. The number of carbonyl (C=O) groups is 1. The summed E-state index contributed by atoms with van der Waals surface area (Å²) in [4.78, 5) is 29.0. The van der Waals surface area contributed by atoms with Crippen molar-refractivity contribution in [2.45, 2.75) is 24.7 Å². The average Bonchev–Trinajstić information content (AvgIpc) is 3.06.